The lowest BCUT2D eigenvalue weighted by atomic mass is 10.0. The van der Waals surface area contributed by atoms with Gasteiger partial charge in [0.25, 0.3) is 0 Å². The van der Waals surface area contributed by atoms with Gasteiger partial charge in [-0.3, -0.25) is 5.73 Å². The molecule has 0 fully saturated rings. The summed E-state index contributed by atoms with van der Waals surface area (Å²) in [6, 6.07) is 6.09. The van der Waals surface area contributed by atoms with Crippen molar-refractivity contribution in [3.63, 3.8) is 0 Å². The second kappa shape index (κ2) is 2.84. The number of rotatable bonds is 1. The van der Waals surface area contributed by atoms with E-state index < -0.39 is 0 Å². The maximum atomic E-state index is 7.18. The zero-order chi connectivity index (χ0) is 7.56. The highest BCUT2D eigenvalue weighted by Gasteiger charge is 1.96. The fourth-order valence-electron chi connectivity index (χ4n) is 1.00. The highest BCUT2D eigenvalue weighted by atomic mass is 14.5. The molecule has 0 aromatic heterocycles. The van der Waals surface area contributed by atoms with Crippen molar-refractivity contribution in [2.45, 2.75) is 20.4 Å². The number of hydrogen-bond donors (Lipinski definition) is 0. The predicted octanol–water partition coefficient (Wildman–Crippen LogP) is 2.09. The van der Waals surface area contributed by atoms with Crippen LogP contribution in [0.3, 0.4) is 0 Å². The molecule has 0 aliphatic heterocycles. The maximum Gasteiger partial charge on any atom is 0.0353 e. The molecule has 0 amide bonds. The minimum absolute atomic E-state index is 0.396. The number of nitrogens with one attached hydrogen (secondary N) is 1. The van der Waals surface area contributed by atoms with Crippen molar-refractivity contribution in [2.24, 2.45) is 0 Å². The Bertz CT molecular complexity index is 228. The van der Waals surface area contributed by atoms with E-state index in [0.717, 1.165) is 5.56 Å². The first-order valence-corrected chi connectivity index (χ1v) is 3.45. The van der Waals surface area contributed by atoms with E-state index in [0.29, 0.717) is 6.54 Å². The summed E-state index contributed by atoms with van der Waals surface area (Å²) in [5.74, 6) is 0. The summed E-state index contributed by atoms with van der Waals surface area (Å²) in [4.78, 5) is 0. The number of hydrogen-bond acceptors (Lipinski definition) is 0. The molecular formula is C9H12N. The third-order valence-electron chi connectivity index (χ3n) is 1.91. The molecule has 0 bridgehead atoms. The van der Waals surface area contributed by atoms with Crippen LogP contribution in [-0.2, 0) is 6.54 Å². The summed E-state index contributed by atoms with van der Waals surface area (Å²) in [5, 5.41) is 0. The molecule has 1 heteroatoms. The predicted molar refractivity (Wildman–Crippen MR) is 42.7 cm³/mol. The molecule has 0 saturated heterocycles. The van der Waals surface area contributed by atoms with Crippen LogP contribution in [0.25, 0.3) is 0 Å². The van der Waals surface area contributed by atoms with E-state index >= 15 is 0 Å². The van der Waals surface area contributed by atoms with Crippen molar-refractivity contribution in [3.05, 3.63) is 34.9 Å². The molecule has 1 aromatic carbocycles. The van der Waals surface area contributed by atoms with Crippen LogP contribution in [0.4, 0.5) is 0 Å². The first-order valence-electron chi connectivity index (χ1n) is 3.45. The molecule has 0 aliphatic carbocycles. The van der Waals surface area contributed by atoms with Gasteiger partial charge in [0.05, 0.1) is 0 Å². The van der Waals surface area contributed by atoms with Gasteiger partial charge in [0.15, 0.2) is 0 Å². The van der Waals surface area contributed by atoms with E-state index in [1.165, 1.54) is 11.1 Å². The van der Waals surface area contributed by atoms with Crippen molar-refractivity contribution >= 4 is 0 Å². The van der Waals surface area contributed by atoms with Gasteiger partial charge in [0.1, 0.15) is 0 Å². The normalized spacial score (nSPS) is 9.90. The molecule has 1 N–H and O–H groups in total. The zero-order valence-corrected chi connectivity index (χ0v) is 6.44. The van der Waals surface area contributed by atoms with Gasteiger partial charge in [0.2, 0.25) is 0 Å². The summed E-state index contributed by atoms with van der Waals surface area (Å²) in [7, 11) is 0. The van der Waals surface area contributed by atoms with E-state index in [4.69, 9.17) is 5.73 Å². The molecule has 0 atom stereocenters. The van der Waals surface area contributed by atoms with Gasteiger partial charge < -0.3 is 0 Å². The van der Waals surface area contributed by atoms with Crippen LogP contribution in [0.15, 0.2) is 18.2 Å². The van der Waals surface area contributed by atoms with Gasteiger partial charge in [-0.25, -0.2) is 0 Å². The maximum absolute atomic E-state index is 7.18. The lowest BCUT2D eigenvalue weighted by Crippen LogP contribution is -1.91. The second-order valence-corrected chi connectivity index (χ2v) is 2.54. The first kappa shape index (κ1) is 7.29. The molecule has 10 heavy (non-hydrogen) atoms. The molecule has 0 spiro atoms. The van der Waals surface area contributed by atoms with Crippen molar-refractivity contribution in [1.29, 1.82) is 0 Å². The van der Waals surface area contributed by atoms with Crippen molar-refractivity contribution in [2.75, 3.05) is 0 Å². The van der Waals surface area contributed by atoms with Crippen molar-refractivity contribution in [1.82, 2.24) is 5.73 Å². The molecule has 1 nitrogen and oxygen atoms in total. The summed E-state index contributed by atoms with van der Waals surface area (Å²) >= 11 is 0. The van der Waals surface area contributed by atoms with E-state index in [2.05, 4.69) is 19.9 Å². The smallest absolute Gasteiger partial charge is 0.0353 e. The van der Waals surface area contributed by atoms with Gasteiger partial charge in [-0.1, -0.05) is 18.2 Å². The molecule has 1 rings (SSSR count). The highest BCUT2D eigenvalue weighted by molar-refractivity contribution is 5.32. The summed E-state index contributed by atoms with van der Waals surface area (Å²) in [6.45, 7) is 4.54. The van der Waals surface area contributed by atoms with Gasteiger partial charge in [0, 0.05) is 6.54 Å². The SMILES string of the molecule is Cc1cccc(C[NH])c1C. The average Bonchev–Trinajstić information content (AvgIpc) is 1.95. The Hall–Kier alpha value is -0.820. The number of aryl methyl sites for hydroxylation is 1. The zero-order valence-electron chi connectivity index (χ0n) is 6.44. The highest BCUT2D eigenvalue weighted by Crippen LogP contribution is 2.11. The van der Waals surface area contributed by atoms with Crippen LogP contribution in [0, 0.1) is 13.8 Å². The molecule has 1 radical (unpaired) electrons. The van der Waals surface area contributed by atoms with Crippen LogP contribution in [0.2, 0.25) is 0 Å². The average molecular weight is 134 g/mol. The van der Waals surface area contributed by atoms with Crippen LogP contribution in [0.1, 0.15) is 16.7 Å². The Morgan fingerprint density at radius 3 is 2.50 bits per heavy atom. The molecule has 53 valence electrons. The quantitative estimate of drug-likeness (QED) is 0.561. The van der Waals surface area contributed by atoms with E-state index in [-0.39, 0.29) is 0 Å². The Labute approximate surface area is 61.9 Å². The van der Waals surface area contributed by atoms with Gasteiger partial charge >= 0.3 is 0 Å². The van der Waals surface area contributed by atoms with E-state index in [9.17, 15) is 0 Å². The van der Waals surface area contributed by atoms with Crippen LogP contribution >= 0.6 is 0 Å². The third kappa shape index (κ3) is 1.19. The summed E-state index contributed by atoms with van der Waals surface area (Å²) in [5.41, 5.74) is 10.9. The standard InChI is InChI=1S/C9H12N/c1-7-4-3-5-9(6-10)8(7)2/h3-5,10H,6H2,1-2H3. The van der Waals surface area contributed by atoms with Gasteiger partial charge in [-0.2, -0.15) is 0 Å². The van der Waals surface area contributed by atoms with Crippen molar-refractivity contribution < 1.29 is 0 Å². The Morgan fingerprint density at radius 2 is 2.00 bits per heavy atom. The Morgan fingerprint density at radius 1 is 1.30 bits per heavy atom. The lowest BCUT2D eigenvalue weighted by molar-refractivity contribution is 1.00. The van der Waals surface area contributed by atoms with Crippen molar-refractivity contribution in [3.8, 4) is 0 Å². The second-order valence-electron chi connectivity index (χ2n) is 2.54. The first-order chi connectivity index (χ1) is 4.75. The summed E-state index contributed by atoms with van der Waals surface area (Å²) in [6.07, 6.45) is 0. The van der Waals surface area contributed by atoms with Gasteiger partial charge in [-0.15, -0.1) is 0 Å². The van der Waals surface area contributed by atoms with Gasteiger partial charge in [-0.05, 0) is 30.5 Å². The molecule has 0 aliphatic rings. The van der Waals surface area contributed by atoms with E-state index in [1.54, 1.807) is 0 Å². The minimum atomic E-state index is 0.396. The van der Waals surface area contributed by atoms with Crippen LogP contribution in [0.5, 0.6) is 0 Å². The Kier molecular flexibility index (Phi) is 2.07. The number of benzene rings is 1. The molecular weight excluding hydrogens is 122 g/mol. The van der Waals surface area contributed by atoms with Crippen LogP contribution < -0.4 is 5.73 Å². The Balaban J connectivity index is 3.14. The fourth-order valence-corrected chi connectivity index (χ4v) is 1.00. The summed E-state index contributed by atoms with van der Waals surface area (Å²) < 4.78 is 0. The lowest BCUT2D eigenvalue weighted by Gasteiger charge is -2.03. The van der Waals surface area contributed by atoms with Crippen LogP contribution in [-0.4, -0.2) is 0 Å². The molecule has 0 heterocycles. The molecule has 1 aromatic rings. The van der Waals surface area contributed by atoms with E-state index in [1.807, 2.05) is 12.1 Å². The topological polar surface area (TPSA) is 23.8 Å². The largest absolute Gasteiger partial charge is 0.253 e. The molecule has 0 saturated carbocycles. The molecule has 0 unspecified atom stereocenters. The monoisotopic (exact) mass is 134 g/mol. The third-order valence-corrected chi connectivity index (χ3v) is 1.91. The minimum Gasteiger partial charge on any atom is -0.253 e. The fraction of sp³-hybridized carbons (Fsp3) is 0.333.